The maximum atomic E-state index is 12.6. The van der Waals surface area contributed by atoms with Crippen molar-refractivity contribution in [1.82, 2.24) is 0 Å². The normalized spacial score (nSPS) is 16.0. The first-order chi connectivity index (χ1) is 11.6. The topological polar surface area (TPSA) is 78.6 Å². The molecular formula is C19H13NO4. The highest BCUT2D eigenvalue weighted by molar-refractivity contribution is 6.27. The van der Waals surface area contributed by atoms with Gasteiger partial charge in [-0.2, -0.15) is 0 Å². The molecule has 4 rings (SSSR count). The van der Waals surface area contributed by atoms with E-state index < -0.39 is 0 Å². The summed E-state index contributed by atoms with van der Waals surface area (Å²) in [5.41, 5.74) is 7.61. The van der Waals surface area contributed by atoms with Gasteiger partial charge in [0.1, 0.15) is 0 Å². The monoisotopic (exact) mass is 319 g/mol. The zero-order valence-electron chi connectivity index (χ0n) is 12.6. The van der Waals surface area contributed by atoms with Gasteiger partial charge in [-0.1, -0.05) is 36.4 Å². The number of carbonyl (C=O) groups is 2. The summed E-state index contributed by atoms with van der Waals surface area (Å²) in [6.07, 6.45) is 3.30. The summed E-state index contributed by atoms with van der Waals surface area (Å²) in [6.45, 7) is 0.199. The third-order valence-electron chi connectivity index (χ3n) is 4.03. The van der Waals surface area contributed by atoms with Gasteiger partial charge in [-0.3, -0.25) is 9.59 Å². The van der Waals surface area contributed by atoms with Crippen molar-refractivity contribution < 1.29 is 19.1 Å². The van der Waals surface area contributed by atoms with Crippen molar-refractivity contribution in [2.24, 2.45) is 5.73 Å². The molecule has 5 nitrogen and oxygen atoms in total. The van der Waals surface area contributed by atoms with Crippen LogP contribution in [0.15, 0.2) is 59.8 Å². The number of benzene rings is 2. The number of hydrogen-bond donors (Lipinski definition) is 1. The number of rotatable bonds is 2. The Morgan fingerprint density at radius 1 is 0.875 bits per heavy atom. The van der Waals surface area contributed by atoms with Crippen LogP contribution in [0.1, 0.15) is 26.3 Å². The lowest BCUT2D eigenvalue weighted by atomic mass is 9.87. The summed E-state index contributed by atoms with van der Waals surface area (Å²) in [4.78, 5) is 24.9. The van der Waals surface area contributed by atoms with E-state index >= 15 is 0 Å². The summed E-state index contributed by atoms with van der Waals surface area (Å²) in [6, 6.07) is 12.1. The van der Waals surface area contributed by atoms with Crippen molar-refractivity contribution in [2.45, 2.75) is 0 Å². The fraction of sp³-hybridized carbons (Fsp3) is 0.0526. The lowest BCUT2D eigenvalue weighted by Crippen LogP contribution is -2.25. The van der Waals surface area contributed by atoms with Crippen molar-refractivity contribution in [3.63, 3.8) is 0 Å². The van der Waals surface area contributed by atoms with Crippen molar-refractivity contribution in [2.75, 3.05) is 6.79 Å². The predicted molar refractivity (Wildman–Crippen MR) is 87.9 cm³/mol. The fourth-order valence-corrected chi connectivity index (χ4v) is 2.78. The van der Waals surface area contributed by atoms with Gasteiger partial charge in [0.05, 0.1) is 5.70 Å². The molecule has 1 heterocycles. The van der Waals surface area contributed by atoms with Crippen molar-refractivity contribution in [3.05, 3.63) is 76.5 Å². The molecular weight excluding hydrogens is 306 g/mol. The summed E-state index contributed by atoms with van der Waals surface area (Å²) >= 11 is 0. The van der Waals surface area contributed by atoms with Crippen LogP contribution in [-0.4, -0.2) is 18.4 Å². The number of fused-ring (bicyclic) bond motifs is 2. The first-order valence-electron chi connectivity index (χ1n) is 7.41. The molecule has 0 bridgehead atoms. The Morgan fingerprint density at radius 3 is 2.38 bits per heavy atom. The van der Waals surface area contributed by atoms with Crippen LogP contribution < -0.4 is 15.2 Å². The van der Waals surface area contributed by atoms with Crippen molar-refractivity contribution in [3.8, 4) is 11.5 Å². The number of allylic oxidation sites excluding steroid dienone is 3. The molecule has 2 aromatic rings. The highest BCUT2D eigenvalue weighted by Crippen LogP contribution is 2.33. The average Bonchev–Trinajstić information content (AvgIpc) is 3.07. The molecule has 1 aliphatic heterocycles. The Kier molecular flexibility index (Phi) is 3.20. The first-order valence-corrected chi connectivity index (χ1v) is 7.41. The molecule has 118 valence electrons. The van der Waals surface area contributed by atoms with E-state index in [-0.39, 0.29) is 29.6 Å². The average molecular weight is 319 g/mol. The molecule has 24 heavy (non-hydrogen) atoms. The highest BCUT2D eigenvalue weighted by atomic mass is 16.7. The van der Waals surface area contributed by atoms with E-state index in [4.69, 9.17) is 15.2 Å². The van der Waals surface area contributed by atoms with Crippen LogP contribution >= 0.6 is 0 Å². The van der Waals surface area contributed by atoms with Gasteiger partial charge in [-0.05, 0) is 23.8 Å². The molecule has 2 N–H and O–H groups in total. The first kappa shape index (κ1) is 14.3. The van der Waals surface area contributed by atoms with Gasteiger partial charge < -0.3 is 15.2 Å². The van der Waals surface area contributed by atoms with Crippen LogP contribution in [0, 0.1) is 0 Å². The third-order valence-corrected chi connectivity index (χ3v) is 4.03. The second kappa shape index (κ2) is 5.38. The van der Waals surface area contributed by atoms with E-state index in [0.29, 0.717) is 22.6 Å². The smallest absolute Gasteiger partial charge is 0.231 e. The number of nitrogens with two attached hydrogens (primary N) is 1. The predicted octanol–water partition coefficient (Wildman–Crippen LogP) is 2.72. The Balaban J connectivity index is 1.70. The van der Waals surface area contributed by atoms with Gasteiger partial charge in [-0.15, -0.1) is 0 Å². The summed E-state index contributed by atoms with van der Waals surface area (Å²) in [5, 5.41) is 0. The van der Waals surface area contributed by atoms with Crippen LogP contribution in [0.4, 0.5) is 0 Å². The van der Waals surface area contributed by atoms with E-state index in [0.717, 1.165) is 5.56 Å². The van der Waals surface area contributed by atoms with Gasteiger partial charge >= 0.3 is 0 Å². The Morgan fingerprint density at radius 2 is 1.58 bits per heavy atom. The van der Waals surface area contributed by atoms with E-state index in [1.54, 1.807) is 48.6 Å². The van der Waals surface area contributed by atoms with Crippen molar-refractivity contribution >= 4 is 17.6 Å². The molecule has 0 saturated heterocycles. The lowest BCUT2D eigenvalue weighted by molar-refractivity contribution is 0.0976. The second-order valence-electron chi connectivity index (χ2n) is 5.48. The zero-order valence-corrected chi connectivity index (χ0v) is 12.6. The number of ether oxygens (including phenoxy) is 2. The summed E-state index contributed by atoms with van der Waals surface area (Å²) < 4.78 is 10.6. The van der Waals surface area contributed by atoms with Crippen LogP contribution in [0.2, 0.25) is 0 Å². The number of ketones is 2. The van der Waals surface area contributed by atoms with E-state index in [1.165, 1.54) is 0 Å². The maximum absolute atomic E-state index is 12.6. The molecule has 2 aliphatic rings. The molecule has 0 unspecified atom stereocenters. The highest BCUT2D eigenvalue weighted by Gasteiger charge is 2.28. The van der Waals surface area contributed by atoms with Gasteiger partial charge in [0.25, 0.3) is 0 Å². The zero-order chi connectivity index (χ0) is 16.7. The summed E-state index contributed by atoms with van der Waals surface area (Å²) in [7, 11) is 0. The van der Waals surface area contributed by atoms with Crippen LogP contribution in [0.5, 0.6) is 11.5 Å². The van der Waals surface area contributed by atoms with Crippen LogP contribution in [0.3, 0.4) is 0 Å². The van der Waals surface area contributed by atoms with Crippen LogP contribution in [-0.2, 0) is 0 Å². The van der Waals surface area contributed by atoms with Crippen molar-refractivity contribution in [1.29, 1.82) is 0 Å². The molecule has 5 heteroatoms. The molecule has 0 radical (unpaired) electrons. The quantitative estimate of drug-likeness (QED) is 0.921. The molecule has 2 aromatic carbocycles. The number of carbonyl (C=O) groups excluding carboxylic acids is 2. The Bertz CT molecular complexity index is 940. The SMILES string of the molecule is NC1=C(/C=C/c2ccc3c(c2)OCO3)C(=O)c2ccccc2C1=O. The van der Waals surface area contributed by atoms with E-state index in [9.17, 15) is 9.59 Å². The standard InChI is InChI=1S/C19H13NO4/c20-17-14(18(21)12-3-1-2-4-13(12)19(17)22)7-5-11-6-8-15-16(9-11)24-10-23-15/h1-9H,10,20H2/b7-5+. The van der Waals surface area contributed by atoms with Crippen LogP contribution in [0.25, 0.3) is 6.08 Å². The molecule has 0 saturated carbocycles. The van der Waals surface area contributed by atoms with E-state index in [1.807, 2.05) is 6.07 Å². The number of Topliss-reactive ketones (excluding diaryl/α,β-unsaturated/α-hetero) is 2. The third kappa shape index (κ3) is 2.18. The van der Waals surface area contributed by atoms with Gasteiger partial charge in [-0.25, -0.2) is 0 Å². The Hall–Kier alpha value is -3.34. The van der Waals surface area contributed by atoms with Gasteiger partial charge in [0.15, 0.2) is 17.3 Å². The second-order valence-corrected chi connectivity index (χ2v) is 5.48. The summed E-state index contributed by atoms with van der Waals surface area (Å²) in [5.74, 6) is 0.759. The minimum atomic E-state index is -0.324. The molecule has 0 atom stereocenters. The molecule has 0 amide bonds. The van der Waals surface area contributed by atoms with Gasteiger partial charge in [0, 0.05) is 16.7 Å². The maximum Gasteiger partial charge on any atom is 0.231 e. The minimum Gasteiger partial charge on any atom is -0.454 e. The van der Waals surface area contributed by atoms with E-state index in [2.05, 4.69) is 0 Å². The number of hydrogen-bond acceptors (Lipinski definition) is 5. The molecule has 0 aromatic heterocycles. The molecule has 1 aliphatic carbocycles. The largest absolute Gasteiger partial charge is 0.454 e. The molecule has 0 fully saturated rings. The molecule has 0 spiro atoms. The Labute approximate surface area is 138 Å². The fourth-order valence-electron chi connectivity index (χ4n) is 2.78. The minimum absolute atomic E-state index is 0.0318. The van der Waals surface area contributed by atoms with Gasteiger partial charge in [0.2, 0.25) is 12.6 Å². The lowest BCUT2D eigenvalue weighted by Gasteiger charge is -2.16.